The summed E-state index contributed by atoms with van der Waals surface area (Å²) < 4.78 is 18.6. The molecule has 2 aromatic rings. The average molecular weight is 306 g/mol. The number of hydrogen-bond acceptors (Lipinski definition) is 2. The maximum absolute atomic E-state index is 13.0. The number of nitrogens with one attached hydrogen (secondary N) is 1. The topological polar surface area (TPSA) is 21.3 Å². The molecule has 0 aliphatic heterocycles. The molecule has 0 amide bonds. The minimum atomic E-state index is -0.361. The Morgan fingerprint density at radius 2 is 1.95 bits per heavy atom. The Balaban J connectivity index is 1.60. The van der Waals surface area contributed by atoms with Gasteiger partial charge in [0.15, 0.2) is 0 Å². The van der Waals surface area contributed by atoms with Gasteiger partial charge in [-0.3, -0.25) is 0 Å². The van der Waals surface area contributed by atoms with E-state index in [1.807, 2.05) is 12.1 Å². The molecule has 2 aromatic carbocycles. The number of rotatable bonds is 6. The molecule has 0 radical (unpaired) electrons. The Morgan fingerprint density at radius 3 is 2.71 bits per heavy atom. The maximum atomic E-state index is 13.0. The van der Waals surface area contributed by atoms with Gasteiger partial charge in [0, 0.05) is 12.6 Å². The summed E-state index contributed by atoms with van der Waals surface area (Å²) in [5.74, 6) is 0.139. The summed E-state index contributed by atoms with van der Waals surface area (Å²) in [6.07, 6.45) is 2.57. The molecule has 1 saturated carbocycles. The monoisotopic (exact) mass is 305 g/mol. The molecule has 0 atom stereocenters. The van der Waals surface area contributed by atoms with Crippen LogP contribution in [-0.2, 0) is 13.2 Å². The summed E-state index contributed by atoms with van der Waals surface area (Å²) in [7, 11) is 0. The van der Waals surface area contributed by atoms with Crippen molar-refractivity contribution in [2.75, 3.05) is 0 Å². The summed E-state index contributed by atoms with van der Waals surface area (Å²) in [5, 5.41) is 3.78. The molecule has 2 nitrogen and oxygen atoms in total. The fourth-order valence-corrected chi connectivity index (χ4v) is 2.35. The van der Waals surface area contributed by atoms with E-state index >= 15 is 0 Å². The van der Waals surface area contributed by atoms with Crippen molar-refractivity contribution < 1.29 is 9.13 Å². The molecule has 4 heteroatoms. The third kappa shape index (κ3) is 4.19. The largest absolute Gasteiger partial charge is 0.487 e. The smallest absolute Gasteiger partial charge is 0.138 e. The van der Waals surface area contributed by atoms with Crippen LogP contribution >= 0.6 is 11.6 Å². The van der Waals surface area contributed by atoms with E-state index in [1.165, 1.54) is 30.5 Å². The highest BCUT2D eigenvalue weighted by molar-refractivity contribution is 6.32. The Bertz CT molecular complexity index is 628. The van der Waals surface area contributed by atoms with Gasteiger partial charge in [0.1, 0.15) is 18.2 Å². The van der Waals surface area contributed by atoms with Crippen LogP contribution in [0.3, 0.4) is 0 Å². The number of hydrogen-bond donors (Lipinski definition) is 1. The first kappa shape index (κ1) is 14.4. The van der Waals surface area contributed by atoms with Crippen LogP contribution in [0.1, 0.15) is 24.0 Å². The van der Waals surface area contributed by atoms with Crippen molar-refractivity contribution >= 4 is 11.6 Å². The first-order valence-corrected chi connectivity index (χ1v) is 7.47. The lowest BCUT2D eigenvalue weighted by Gasteiger charge is -2.10. The Morgan fingerprint density at radius 1 is 1.14 bits per heavy atom. The van der Waals surface area contributed by atoms with Crippen LogP contribution in [0.2, 0.25) is 5.02 Å². The fourth-order valence-electron chi connectivity index (χ4n) is 2.13. The highest BCUT2D eigenvalue weighted by atomic mass is 35.5. The van der Waals surface area contributed by atoms with Gasteiger partial charge in [-0.15, -0.1) is 0 Å². The molecule has 1 aliphatic carbocycles. The molecule has 21 heavy (non-hydrogen) atoms. The zero-order valence-corrected chi connectivity index (χ0v) is 12.4. The Kier molecular flexibility index (Phi) is 4.42. The van der Waals surface area contributed by atoms with Crippen molar-refractivity contribution in [2.24, 2.45) is 0 Å². The molecular weight excluding hydrogens is 289 g/mol. The minimum absolute atomic E-state index is 0.293. The highest BCUT2D eigenvalue weighted by Crippen LogP contribution is 2.26. The van der Waals surface area contributed by atoms with Gasteiger partial charge in [0.05, 0.1) is 5.02 Å². The van der Waals surface area contributed by atoms with Crippen LogP contribution in [-0.4, -0.2) is 6.04 Å². The first-order valence-electron chi connectivity index (χ1n) is 7.10. The van der Waals surface area contributed by atoms with E-state index in [0.717, 1.165) is 12.1 Å². The van der Waals surface area contributed by atoms with Crippen LogP contribution in [0, 0.1) is 5.82 Å². The molecular formula is C17H17ClFNO. The van der Waals surface area contributed by atoms with E-state index in [4.69, 9.17) is 16.3 Å². The quantitative estimate of drug-likeness (QED) is 0.858. The summed E-state index contributed by atoms with van der Waals surface area (Å²) in [5.41, 5.74) is 2.32. The zero-order chi connectivity index (χ0) is 14.7. The van der Waals surface area contributed by atoms with Crippen molar-refractivity contribution in [3.05, 3.63) is 64.4 Å². The lowest BCUT2D eigenvalue weighted by Crippen LogP contribution is -2.15. The van der Waals surface area contributed by atoms with Gasteiger partial charge in [0.25, 0.3) is 0 Å². The molecule has 0 heterocycles. The fraction of sp³-hybridized carbons (Fsp3) is 0.294. The van der Waals surface area contributed by atoms with Gasteiger partial charge < -0.3 is 10.1 Å². The van der Waals surface area contributed by atoms with Crippen LogP contribution in [0.25, 0.3) is 0 Å². The predicted molar refractivity (Wildman–Crippen MR) is 82.0 cm³/mol. The molecule has 1 fully saturated rings. The van der Waals surface area contributed by atoms with Crippen molar-refractivity contribution in [3.8, 4) is 5.75 Å². The minimum Gasteiger partial charge on any atom is -0.487 e. The van der Waals surface area contributed by atoms with Gasteiger partial charge in [-0.2, -0.15) is 0 Å². The van der Waals surface area contributed by atoms with Crippen molar-refractivity contribution in [2.45, 2.75) is 32.0 Å². The number of benzene rings is 2. The Labute approximate surface area is 128 Å². The SMILES string of the molecule is Fc1ccc(OCc2cccc(CNC3CC3)c2)c(Cl)c1. The van der Waals surface area contributed by atoms with E-state index in [1.54, 1.807) is 6.07 Å². The maximum Gasteiger partial charge on any atom is 0.138 e. The highest BCUT2D eigenvalue weighted by Gasteiger charge is 2.19. The van der Waals surface area contributed by atoms with Gasteiger partial charge >= 0.3 is 0 Å². The third-order valence-electron chi connectivity index (χ3n) is 3.45. The van der Waals surface area contributed by atoms with Crippen molar-refractivity contribution in [3.63, 3.8) is 0 Å². The molecule has 1 aliphatic rings. The molecule has 0 unspecified atom stereocenters. The average Bonchev–Trinajstić information content (AvgIpc) is 3.29. The lowest BCUT2D eigenvalue weighted by molar-refractivity contribution is 0.306. The predicted octanol–water partition coefficient (Wildman–Crippen LogP) is 4.31. The second-order valence-corrected chi connectivity index (χ2v) is 5.75. The van der Waals surface area contributed by atoms with Crippen molar-refractivity contribution in [1.82, 2.24) is 5.32 Å². The molecule has 0 bridgehead atoms. The molecule has 3 rings (SSSR count). The van der Waals surface area contributed by atoms with E-state index in [9.17, 15) is 4.39 Å². The third-order valence-corrected chi connectivity index (χ3v) is 3.75. The van der Waals surface area contributed by atoms with Crippen LogP contribution in [0.4, 0.5) is 4.39 Å². The number of ether oxygens (including phenoxy) is 1. The standard InChI is InChI=1S/C17H17ClFNO/c18-16-9-14(19)4-7-17(16)21-11-13-3-1-2-12(8-13)10-20-15-5-6-15/h1-4,7-9,15,20H,5-6,10-11H2. The summed E-state index contributed by atoms with van der Waals surface area (Å²) in [6.45, 7) is 1.30. The van der Waals surface area contributed by atoms with E-state index < -0.39 is 0 Å². The second-order valence-electron chi connectivity index (χ2n) is 5.34. The lowest BCUT2D eigenvalue weighted by atomic mass is 10.1. The molecule has 1 N–H and O–H groups in total. The van der Waals surface area contributed by atoms with Gasteiger partial charge in [-0.1, -0.05) is 35.9 Å². The molecule has 0 saturated heterocycles. The van der Waals surface area contributed by atoms with E-state index in [-0.39, 0.29) is 5.82 Å². The van der Waals surface area contributed by atoms with Crippen LogP contribution < -0.4 is 10.1 Å². The Hall–Kier alpha value is -1.58. The van der Waals surface area contributed by atoms with E-state index in [2.05, 4.69) is 17.4 Å². The van der Waals surface area contributed by atoms with Crippen molar-refractivity contribution in [1.29, 1.82) is 0 Å². The van der Waals surface area contributed by atoms with Gasteiger partial charge in [-0.25, -0.2) is 4.39 Å². The molecule has 110 valence electrons. The molecule has 0 spiro atoms. The second kappa shape index (κ2) is 6.46. The first-order chi connectivity index (χ1) is 10.2. The van der Waals surface area contributed by atoms with Gasteiger partial charge in [0.2, 0.25) is 0 Å². The summed E-state index contributed by atoms with van der Waals surface area (Å²) in [4.78, 5) is 0. The number of halogens is 2. The van der Waals surface area contributed by atoms with Gasteiger partial charge in [-0.05, 0) is 42.2 Å². The van der Waals surface area contributed by atoms with Crippen LogP contribution in [0.5, 0.6) is 5.75 Å². The summed E-state index contributed by atoms with van der Waals surface area (Å²) >= 11 is 5.94. The van der Waals surface area contributed by atoms with E-state index in [0.29, 0.717) is 23.4 Å². The normalized spacial score (nSPS) is 14.2. The van der Waals surface area contributed by atoms with Crippen LogP contribution in [0.15, 0.2) is 42.5 Å². The summed E-state index contributed by atoms with van der Waals surface area (Å²) in [6, 6.07) is 13.1. The zero-order valence-electron chi connectivity index (χ0n) is 11.6. The molecule has 0 aromatic heterocycles.